The first-order valence-electron chi connectivity index (χ1n) is 7.71. The molecule has 0 aliphatic carbocycles. The number of methoxy groups -OCH3 is 2. The van der Waals surface area contributed by atoms with Gasteiger partial charge >= 0.3 is 11.9 Å². The lowest BCUT2D eigenvalue weighted by molar-refractivity contribution is -0.138. The number of rotatable bonds is 5. The van der Waals surface area contributed by atoms with Gasteiger partial charge in [0.2, 0.25) is 5.89 Å². The Morgan fingerprint density at radius 1 is 1.08 bits per heavy atom. The number of aromatic nitrogens is 1. The lowest BCUT2D eigenvalue weighted by Crippen LogP contribution is -2.15. The molecular weight excluding hydrogens is 336 g/mol. The zero-order valence-electron chi connectivity index (χ0n) is 14.2. The van der Waals surface area contributed by atoms with Crippen LogP contribution in [0.25, 0.3) is 22.6 Å². The van der Waals surface area contributed by atoms with Crippen LogP contribution >= 0.6 is 0 Å². The van der Waals surface area contributed by atoms with Crippen molar-refractivity contribution in [1.82, 2.24) is 4.98 Å². The van der Waals surface area contributed by atoms with Crippen molar-refractivity contribution in [3.05, 3.63) is 60.3 Å². The molecule has 1 N–H and O–H groups in total. The van der Waals surface area contributed by atoms with Crippen molar-refractivity contribution in [2.24, 2.45) is 0 Å². The summed E-state index contributed by atoms with van der Waals surface area (Å²) in [6.07, 6.45) is 1.02. The van der Waals surface area contributed by atoms with Crippen LogP contribution in [0.4, 0.5) is 5.69 Å². The lowest BCUT2D eigenvalue weighted by Gasteiger charge is -2.08. The SMILES string of the molecule is COC(=O)/C=C(/Nc1ccc2oc(-c3ccccc3)nc2c1)C(=O)OC. The Kier molecular flexibility index (Phi) is 4.98. The highest BCUT2D eigenvalue weighted by atomic mass is 16.5. The van der Waals surface area contributed by atoms with E-state index >= 15 is 0 Å². The predicted octanol–water partition coefficient (Wildman–Crippen LogP) is 3.14. The minimum absolute atomic E-state index is 0.0505. The number of hydrogen-bond acceptors (Lipinski definition) is 7. The van der Waals surface area contributed by atoms with Gasteiger partial charge in [-0.15, -0.1) is 0 Å². The Labute approximate surface area is 149 Å². The fourth-order valence-electron chi connectivity index (χ4n) is 2.30. The molecule has 0 atom stereocenters. The van der Waals surface area contributed by atoms with E-state index in [0.717, 1.165) is 11.6 Å². The molecule has 132 valence electrons. The first-order chi connectivity index (χ1) is 12.6. The Balaban J connectivity index is 1.92. The van der Waals surface area contributed by atoms with Gasteiger partial charge in [0.05, 0.1) is 20.3 Å². The minimum atomic E-state index is -0.694. The molecule has 0 fully saturated rings. The maximum Gasteiger partial charge on any atom is 0.354 e. The van der Waals surface area contributed by atoms with Crippen molar-refractivity contribution >= 4 is 28.7 Å². The van der Waals surface area contributed by atoms with E-state index in [1.165, 1.54) is 14.2 Å². The highest BCUT2D eigenvalue weighted by Crippen LogP contribution is 2.26. The van der Waals surface area contributed by atoms with Crippen LogP contribution in [-0.4, -0.2) is 31.1 Å². The number of ether oxygens (including phenoxy) is 2. The van der Waals surface area contributed by atoms with Crippen LogP contribution < -0.4 is 5.32 Å². The van der Waals surface area contributed by atoms with E-state index in [-0.39, 0.29) is 5.70 Å². The van der Waals surface area contributed by atoms with Crippen LogP contribution in [0, 0.1) is 0 Å². The third-order valence-corrected chi connectivity index (χ3v) is 3.56. The van der Waals surface area contributed by atoms with E-state index in [1.807, 2.05) is 30.3 Å². The summed E-state index contributed by atoms with van der Waals surface area (Å²) < 4.78 is 15.0. The van der Waals surface area contributed by atoms with Crippen molar-refractivity contribution in [2.75, 3.05) is 19.5 Å². The normalized spacial score (nSPS) is 11.2. The number of fused-ring (bicyclic) bond motifs is 1. The number of carbonyl (C=O) groups is 2. The van der Waals surface area contributed by atoms with E-state index in [1.54, 1.807) is 18.2 Å². The van der Waals surface area contributed by atoms with Gasteiger partial charge in [0, 0.05) is 11.3 Å². The van der Waals surface area contributed by atoms with Crippen molar-refractivity contribution in [2.45, 2.75) is 0 Å². The molecule has 3 aromatic rings. The molecule has 1 aromatic heterocycles. The average molecular weight is 352 g/mol. The van der Waals surface area contributed by atoms with Crippen LogP contribution in [0.3, 0.4) is 0 Å². The molecule has 0 aliphatic rings. The van der Waals surface area contributed by atoms with Crippen LogP contribution in [0.1, 0.15) is 0 Å². The second-order valence-corrected chi connectivity index (χ2v) is 5.27. The summed E-state index contributed by atoms with van der Waals surface area (Å²) in [5.41, 5.74) is 2.57. The van der Waals surface area contributed by atoms with E-state index in [0.29, 0.717) is 22.7 Å². The number of anilines is 1. The number of nitrogens with one attached hydrogen (secondary N) is 1. The van der Waals surface area contributed by atoms with Gasteiger partial charge < -0.3 is 19.2 Å². The van der Waals surface area contributed by atoms with Gasteiger partial charge in [-0.05, 0) is 30.3 Å². The topological polar surface area (TPSA) is 90.7 Å². The van der Waals surface area contributed by atoms with Crippen molar-refractivity contribution in [3.8, 4) is 11.5 Å². The molecule has 3 rings (SSSR count). The van der Waals surface area contributed by atoms with Gasteiger partial charge in [-0.25, -0.2) is 14.6 Å². The quantitative estimate of drug-likeness (QED) is 0.557. The summed E-state index contributed by atoms with van der Waals surface area (Å²) in [6.45, 7) is 0. The van der Waals surface area contributed by atoms with Gasteiger partial charge in [0.15, 0.2) is 5.58 Å². The molecule has 2 aromatic carbocycles. The first kappa shape index (κ1) is 17.2. The summed E-state index contributed by atoms with van der Waals surface area (Å²) in [4.78, 5) is 27.7. The first-order valence-corrected chi connectivity index (χ1v) is 7.71. The van der Waals surface area contributed by atoms with E-state index in [9.17, 15) is 9.59 Å². The molecule has 0 saturated heterocycles. The molecule has 7 nitrogen and oxygen atoms in total. The third-order valence-electron chi connectivity index (χ3n) is 3.56. The fourth-order valence-corrected chi connectivity index (χ4v) is 2.30. The number of esters is 2. The van der Waals surface area contributed by atoms with Crippen LogP contribution in [-0.2, 0) is 19.1 Å². The molecule has 26 heavy (non-hydrogen) atoms. The standard InChI is InChI=1S/C19H16N2O5/c1-24-17(22)11-15(19(23)25-2)20-13-8-9-16-14(10-13)21-18(26-16)12-6-4-3-5-7-12/h3-11,20H,1-2H3/b15-11+. The maximum atomic E-state index is 11.8. The van der Waals surface area contributed by atoms with Gasteiger partial charge in [0.25, 0.3) is 0 Å². The number of oxazole rings is 1. The van der Waals surface area contributed by atoms with E-state index in [2.05, 4.69) is 19.8 Å². The van der Waals surface area contributed by atoms with Crippen molar-refractivity contribution in [1.29, 1.82) is 0 Å². The molecule has 0 bridgehead atoms. The minimum Gasteiger partial charge on any atom is -0.466 e. The zero-order chi connectivity index (χ0) is 18.5. The molecule has 0 amide bonds. The van der Waals surface area contributed by atoms with Gasteiger partial charge in [-0.3, -0.25) is 0 Å². The predicted molar refractivity (Wildman–Crippen MR) is 95.2 cm³/mol. The number of carbonyl (C=O) groups excluding carboxylic acids is 2. The van der Waals surface area contributed by atoms with E-state index in [4.69, 9.17) is 4.42 Å². The van der Waals surface area contributed by atoms with Gasteiger partial charge in [0.1, 0.15) is 11.2 Å². The molecule has 0 aliphatic heterocycles. The summed E-state index contributed by atoms with van der Waals surface area (Å²) in [5.74, 6) is -0.872. The van der Waals surface area contributed by atoms with Gasteiger partial charge in [-0.2, -0.15) is 0 Å². The third kappa shape index (κ3) is 3.72. The number of hydrogen-bond donors (Lipinski definition) is 1. The summed E-state index contributed by atoms with van der Waals surface area (Å²) in [6, 6.07) is 14.7. The summed E-state index contributed by atoms with van der Waals surface area (Å²) >= 11 is 0. The molecule has 7 heteroatoms. The maximum absolute atomic E-state index is 11.8. The molecule has 1 heterocycles. The smallest absolute Gasteiger partial charge is 0.354 e. The van der Waals surface area contributed by atoms with Crippen LogP contribution in [0.2, 0.25) is 0 Å². The van der Waals surface area contributed by atoms with Crippen molar-refractivity contribution in [3.63, 3.8) is 0 Å². The Hall–Kier alpha value is -3.61. The number of benzene rings is 2. The Morgan fingerprint density at radius 3 is 2.54 bits per heavy atom. The monoisotopic (exact) mass is 352 g/mol. The summed E-state index contributed by atoms with van der Waals surface area (Å²) in [5, 5.41) is 2.84. The number of nitrogens with zero attached hydrogens (tertiary/aromatic N) is 1. The Bertz CT molecular complexity index is 976. The highest BCUT2D eigenvalue weighted by Gasteiger charge is 2.14. The zero-order valence-corrected chi connectivity index (χ0v) is 14.2. The van der Waals surface area contributed by atoms with Crippen LogP contribution in [0.5, 0.6) is 0 Å². The second-order valence-electron chi connectivity index (χ2n) is 5.27. The highest BCUT2D eigenvalue weighted by molar-refractivity contribution is 5.99. The van der Waals surface area contributed by atoms with E-state index < -0.39 is 11.9 Å². The largest absolute Gasteiger partial charge is 0.466 e. The molecule has 0 spiro atoms. The molecule has 0 radical (unpaired) electrons. The average Bonchev–Trinajstić information content (AvgIpc) is 3.10. The summed E-state index contributed by atoms with van der Waals surface area (Å²) in [7, 11) is 2.45. The van der Waals surface area contributed by atoms with Crippen molar-refractivity contribution < 1.29 is 23.5 Å². The molecule has 0 saturated carbocycles. The second kappa shape index (κ2) is 7.52. The Morgan fingerprint density at radius 2 is 1.85 bits per heavy atom. The van der Waals surface area contributed by atoms with Gasteiger partial charge in [-0.1, -0.05) is 18.2 Å². The fraction of sp³-hybridized carbons (Fsp3) is 0.105. The van der Waals surface area contributed by atoms with Crippen LogP contribution in [0.15, 0.2) is 64.7 Å². The lowest BCUT2D eigenvalue weighted by atomic mass is 10.2. The molecular formula is C19H16N2O5. The molecule has 0 unspecified atom stereocenters.